The molecule has 1 aromatic carbocycles. The molecule has 1 atom stereocenters. The van der Waals surface area contributed by atoms with E-state index in [2.05, 4.69) is 5.32 Å². The van der Waals surface area contributed by atoms with Gasteiger partial charge in [-0.1, -0.05) is 6.07 Å². The van der Waals surface area contributed by atoms with Crippen molar-refractivity contribution in [2.24, 2.45) is 0 Å². The highest BCUT2D eigenvalue weighted by molar-refractivity contribution is 7.21. The van der Waals surface area contributed by atoms with Crippen LogP contribution in [-0.2, 0) is 6.54 Å². The first kappa shape index (κ1) is 15.9. The molecule has 4 nitrogen and oxygen atoms in total. The van der Waals surface area contributed by atoms with E-state index in [1.807, 2.05) is 25.9 Å². The molecule has 0 bridgehead atoms. The van der Waals surface area contributed by atoms with Gasteiger partial charge >= 0.3 is 5.97 Å². The Kier molecular flexibility index (Phi) is 4.92. The molecule has 1 heterocycles. The highest BCUT2D eigenvalue weighted by Crippen LogP contribution is 2.33. The first-order valence-corrected chi connectivity index (χ1v) is 7.53. The summed E-state index contributed by atoms with van der Waals surface area (Å²) in [7, 11) is 3.95. The average molecular weight is 310 g/mol. The molecule has 0 aliphatic rings. The van der Waals surface area contributed by atoms with Gasteiger partial charge in [-0.3, -0.25) is 0 Å². The lowest BCUT2D eigenvalue weighted by molar-refractivity contribution is 0.0701. The van der Waals surface area contributed by atoms with Gasteiger partial charge in [0.1, 0.15) is 10.7 Å². The number of hydrogen-bond donors (Lipinski definition) is 2. The molecule has 1 unspecified atom stereocenters. The highest BCUT2D eigenvalue weighted by Gasteiger charge is 2.20. The number of benzene rings is 1. The van der Waals surface area contributed by atoms with Crippen LogP contribution in [0.15, 0.2) is 18.2 Å². The van der Waals surface area contributed by atoms with Crippen LogP contribution in [0.5, 0.6) is 0 Å². The number of likely N-dealkylation sites (N-methyl/N-ethyl adjacent to an activating group) is 1. The number of carbonyl (C=O) groups is 1. The topological polar surface area (TPSA) is 52.6 Å². The Labute approximate surface area is 127 Å². The van der Waals surface area contributed by atoms with E-state index >= 15 is 0 Å². The number of fused-ring (bicyclic) bond motifs is 1. The predicted molar refractivity (Wildman–Crippen MR) is 83.6 cm³/mol. The number of rotatable bonds is 6. The van der Waals surface area contributed by atoms with Crippen molar-refractivity contribution >= 4 is 27.4 Å². The van der Waals surface area contributed by atoms with Crippen molar-refractivity contribution in [3.05, 3.63) is 34.5 Å². The Morgan fingerprint density at radius 1 is 1.48 bits per heavy atom. The molecule has 1 aromatic heterocycles. The van der Waals surface area contributed by atoms with Crippen molar-refractivity contribution in [1.82, 2.24) is 10.2 Å². The third kappa shape index (κ3) is 3.58. The van der Waals surface area contributed by atoms with E-state index in [4.69, 9.17) is 0 Å². The third-order valence-electron chi connectivity index (χ3n) is 3.22. The second kappa shape index (κ2) is 6.51. The Bertz CT molecular complexity index is 654. The molecular weight excluding hydrogens is 291 g/mol. The maximum Gasteiger partial charge on any atom is 0.346 e. The third-order valence-corrected chi connectivity index (χ3v) is 4.41. The molecule has 0 spiro atoms. The summed E-state index contributed by atoms with van der Waals surface area (Å²) in [6.07, 6.45) is 0. The molecule has 0 fully saturated rings. The zero-order chi connectivity index (χ0) is 15.6. The van der Waals surface area contributed by atoms with Crippen molar-refractivity contribution in [2.45, 2.75) is 19.5 Å². The van der Waals surface area contributed by atoms with Crippen LogP contribution in [-0.4, -0.2) is 42.7 Å². The molecule has 21 heavy (non-hydrogen) atoms. The summed E-state index contributed by atoms with van der Waals surface area (Å²) in [6.45, 7) is 3.19. The van der Waals surface area contributed by atoms with Crippen LogP contribution >= 0.6 is 11.3 Å². The molecule has 6 heteroatoms. The lowest BCUT2D eigenvalue weighted by Crippen LogP contribution is -2.35. The van der Waals surface area contributed by atoms with Crippen molar-refractivity contribution in [3.8, 4) is 0 Å². The van der Waals surface area contributed by atoms with Gasteiger partial charge in [0.15, 0.2) is 0 Å². The monoisotopic (exact) mass is 310 g/mol. The van der Waals surface area contributed by atoms with E-state index in [9.17, 15) is 14.3 Å². The molecule has 0 saturated carbocycles. The molecule has 2 aromatic rings. The van der Waals surface area contributed by atoms with Gasteiger partial charge in [0.25, 0.3) is 0 Å². The van der Waals surface area contributed by atoms with Gasteiger partial charge in [-0.05, 0) is 33.2 Å². The number of nitrogens with one attached hydrogen (secondary N) is 1. The van der Waals surface area contributed by atoms with E-state index in [1.54, 1.807) is 12.1 Å². The van der Waals surface area contributed by atoms with Crippen LogP contribution < -0.4 is 5.32 Å². The van der Waals surface area contributed by atoms with Crippen molar-refractivity contribution in [2.75, 3.05) is 20.6 Å². The average Bonchev–Trinajstić information content (AvgIpc) is 2.76. The second-order valence-electron chi connectivity index (χ2n) is 5.37. The summed E-state index contributed by atoms with van der Waals surface area (Å²) in [6, 6.07) is 4.91. The van der Waals surface area contributed by atoms with Gasteiger partial charge in [-0.15, -0.1) is 11.3 Å². The van der Waals surface area contributed by atoms with E-state index in [1.165, 1.54) is 6.07 Å². The number of aromatic carboxylic acids is 1. The molecule has 2 N–H and O–H groups in total. The van der Waals surface area contributed by atoms with Crippen LogP contribution in [0.1, 0.15) is 22.2 Å². The normalized spacial score (nSPS) is 13.0. The van der Waals surface area contributed by atoms with E-state index in [-0.39, 0.29) is 16.7 Å². The van der Waals surface area contributed by atoms with Crippen LogP contribution in [0.25, 0.3) is 10.1 Å². The minimum atomic E-state index is -1.01. The lowest BCUT2D eigenvalue weighted by Gasteiger charge is -2.18. The fourth-order valence-corrected chi connectivity index (χ4v) is 3.47. The summed E-state index contributed by atoms with van der Waals surface area (Å²) < 4.78 is 14.7. The number of hydrogen-bond acceptors (Lipinski definition) is 4. The number of carboxylic acid groups (broad SMARTS) is 1. The molecule has 0 aliphatic carbocycles. The molecule has 0 aliphatic heterocycles. The first-order valence-electron chi connectivity index (χ1n) is 6.71. The molecule has 0 saturated heterocycles. The zero-order valence-electron chi connectivity index (χ0n) is 12.3. The molecule has 0 amide bonds. The number of nitrogens with zero attached hydrogens (tertiary/aromatic N) is 1. The fourth-order valence-electron chi connectivity index (χ4n) is 2.40. The number of carboxylic acids is 1. The van der Waals surface area contributed by atoms with Gasteiger partial charge in [0.05, 0.1) is 0 Å². The first-order chi connectivity index (χ1) is 9.90. The summed E-state index contributed by atoms with van der Waals surface area (Å²) in [4.78, 5) is 13.6. The summed E-state index contributed by atoms with van der Waals surface area (Å²) in [5.41, 5.74) is 0.534. The predicted octanol–water partition coefficient (Wildman–Crippen LogP) is 2.78. The van der Waals surface area contributed by atoms with Crippen molar-refractivity contribution < 1.29 is 14.3 Å². The lowest BCUT2D eigenvalue weighted by atomic mass is 10.1. The van der Waals surface area contributed by atoms with Crippen LogP contribution in [0.4, 0.5) is 4.39 Å². The second-order valence-corrected chi connectivity index (χ2v) is 6.42. The van der Waals surface area contributed by atoms with Crippen LogP contribution in [0.2, 0.25) is 0 Å². The Morgan fingerprint density at radius 2 is 2.19 bits per heavy atom. The summed E-state index contributed by atoms with van der Waals surface area (Å²) in [5.74, 6) is -1.37. The smallest absolute Gasteiger partial charge is 0.346 e. The molecule has 114 valence electrons. The van der Waals surface area contributed by atoms with Crippen molar-refractivity contribution in [1.29, 1.82) is 0 Å². The van der Waals surface area contributed by atoms with E-state index in [0.717, 1.165) is 17.9 Å². The van der Waals surface area contributed by atoms with E-state index < -0.39 is 5.97 Å². The Balaban J connectivity index is 2.32. The number of thiophene rings is 1. The minimum Gasteiger partial charge on any atom is -0.477 e. The fraction of sp³-hybridized carbons (Fsp3) is 0.400. The van der Waals surface area contributed by atoms with Gasteiger partial charge < -0.3 is 15.3 Å². The van der Waals surface area contributed by atoms with Crippen LogP contribution in [0.3, 0.4) is 0 Å². The highest BCUT2D eigenvalue weighted by atomic mass is 32.1. The van der Waals surface area contributed by atoms with Gasteiger partial charge in [-0.25, -0.2) is 9.18 Å². The standard InChI is InChI=1S/C15H19FN2O2S/c1-9(8-18(2)3)17-7-10-13-11(16)5-4-6-12(13)21-14(10)15(19)20/h4-6,9,17H,7-8H2,1-3H3,(H,19,20). The Morgan fingerprint density at radius 3 is 2.81 bits per heavy atom. The van der Waals surface area contributed by atoms with Crippen LogP contribution in [0, 0.1) is 5.82 Å². The van der Waals surface area contributed by atoms with Gasteiger partial charge in [0.2, 0.25) is 0 Å². The summed E-state index contributed by atoms with van der Waals surface area (Å²) in [5, 5.41) is 13.0. The maximum absolute atomic E-state index is 14.0. The molecule has 0 radical (unpaired) electrons. The Hall–Kier alpha value is -1.50. The van der Waals surface area contributed by atoms with E-state index in [0.29, 0.717) is 22.2 Å². The minimum absolute atomic E-state index is 0.184. The SMILES string of the molecule is CC(CN(C)C)NCc1c(C(=O)O)sc2cccc(F)c12. The van der Waals surface area contributed by atoms with Gasteiger partial charge in [0, 0.05) is 34.8 Å². The maximum atomic E-state index is 14.0. The molecular formula is C15H19FN2O2S. The van der Waals surface area contributed by atoms with Gasteiger partial charge in [-0.2, -0.15) is 0 Å². The zero-order valence-corrected chi connectivity index (χ0v) is 13.1. The van der Waals surface area contributed by atoms with Crippen molar-refractivity contribution in [3.63, 3.8) is 0 Å². The number of halogens is 1. The molecule has 2 rings (SSSR count). The summed E-state index contributed by atoms with van der Waals surface area (Å²) >= 11 is 1.12. The quantitative estimate of drug-likeness (QED) is 0.861. The largest absolute Gasteiger partial charge is 0.477 e.